The van der Waals surface area contributed by atoms with Gasteiger partial charge in [-0.3, -0.25) is 14.4 Å². The SMILES string of the molecule is CC[C@H]1OC(O)(c2ccc(C)c(Cc3ccc(-c4ccc(F)cc4)s3)c2)[C@H](OC(C)=O)[C@@H](OC(C)=O)[C@@H]1OC(C)=O. The maximum atomic E-state index is 13.4. The van der Waals surface area contributed by atoms with Gasteiger partial charge in [-0.25, -0.2) is 4.39 Å². The van der Waals surface area contributed by atoms with Crippen molar-refractivity contribution in [3.05, 3.63) is 82.0 Å². The van der Waals surface area contributed by atoms with Crippen molar-refractivity contribution in [2.45, 2.75) is 77.7 Å². The van der Waals surface area contributed by atoms with Crippen molar-refractivity contribution < 1.29 is 42.8 Å². The molecule has 1 aliphatic heterocycles. The summed E-state index contributed by atoms with van der Waals surface area (Å²) in [6.07, 6.45) is -4.03. The summed E-state index contributed by atoms with van der Waals surface area (Å²) in [6.45, 7) is 7.26. The Bertz CT molecular complexity index is 1420. The summed E-state index contributed by atoms with van der Waals surface area (Å²) in [6, 6.07) is 15.5. The summed E-state index contributed by atoms with van der Waals surface area (Å²) < 4.78 is 36.0. The predicted octanol–water partition coefficient (Wildman–Crippen LogP) is 5.20. The molecule has 0 radical (unpaired) electrons. The predicted molar refractivity (Wildman–Crippen MR) is 149 cm³/mol. The molecule has 5 atom stereocenters. The van der Waals surface area contributed by atoms with Crippen molar-refractivity contribution in [3.63, 3.8) is 0 Å². The first kappa shape index (κ1) is 30.4. The minimum atomic E-state index is -2.22. The van der Waals surface area contributed by atoms with E-state index in [4.69, 9.17) is 18.9 Å². The standard InChI is InChI=1S/C31H33FO8S/c1-6-26-28(37-18(3)33)29(38-19(4)34)30(39-20(5)35)31(36,40-26)23-10-7-17(2)22(15-23)16-25-13-14-27(41-25)21-8-11-24(32)12-9-21/h7-15,26,28-30,36H,6,16H2,1-5H3/t26-,28-,29+,30-,31?/m1/s1. The van der Waals surface area contributed by atoms with Gasteiger partial charge >= 0.3 is 17.9 Å². The minimum Gasteiger partial charge on any atom is -0.456 e. The van der Waals surface area contributed by atoms with Crippen LogP contribution in [0, 0.1) is 12.7 Å². The van der Waals surface area contributed by atoms with Crippen LogP contribution in [0.25, 0.3) is 10.4 Å². The Kier molecular flexibility index (Phi) is 9.26. The van der Waals surface area contributed by atoms with Gasteiger partial charge < -0.3 is 24.1 Å². The third-order valence-electron chi connectivity index (χ3n) is 6.92. The van der Waals surface area contributed by atoms with Gasteiger partial charge in [-0.05, 0) is 60.4 Å². The van der Waals surface area contributed by atoms with E-state index in [9.17, 15) is 23.9 Å². The second-order valence-corrected chi connectivity index (χ2v) is 11.2. The Hall–Kier alpha value is -3.60. The van der Waals surface area contributed by atoms with Crippen LogP contribution in [0.3, 0.4) is 0 Å². The van der Waals surface area contributed by atoms with E-state index >= 15 is 0 Å². The number of benzene rings is 2. The largest absolute Gasteiger partial charge is 0.456 e. The van der Waals surface area contributed by atoms with Gasteiger partial charge in [-0.15, -0.1) is 11.3 Å². The van der Waals surface area contributed by atoms with Crippen LogP contribution < -0.4 is 0 Å². The lowest BCUT2D eigenvalue weighted by atomic mass is 9.85. The van der Waals surface area contributed by atoms with E-state index < -0.39 is 48.1 Å². The van der Waals surface area contributed by atoms with E-state index in [0.29, 0.717) is 12.8 Å². The van der Waals surface area contributed by atoms with Crippen LogP contribution in [0.5, 0.6) is 0 Å². The lowest BCUT2D eigenvalue weighted by Crippen LogP contribution is -2.65. The Morgan fingerprint density at radius 1 is 0.927 bits per heavy atom. The lowest BCUT2D eigenvalue weighted by molar-refractivity contribution is -0.357. The van der Waals surface area contributed by atoms with Crippen LogP contribution in [-0.2, 0) is 45.5 Å². The molecular weight excluding hydrogens is 551 g/mol. The molecule has 8 nitrogen and oxygen atoms in total. The molecule has 1 saturated heterocycles. The summed E-state index contributed by atoms with van der Waals surface area (Å²) in [5.74, 6) is -4.61. The van der Waals surface area contributed by atoms with Crippen LogP contribution in [0.4, 0.5) is 4.39 Å². The third kappa shape index (κ3) is 6.83. The second kappa shape index (κ2) is 12.5. The first-order valence-corrected chi connectivity index (χ1v) is 14.1. The van der Waals surface area contributed by atoms with Gasteiger partial charge in [0.15, 0.2) is 12.2 Å². The summed E-state index contributed by atoms with van der Waals surface area (Å²) >= 11 is 1.57. The molecule has 0 spiro atoms. The number of thiophene rings is 1. The molecule has 41 heavy (non-hydrogen) atoms. The molecule has 2 heterocycles. The van der Waals surface area contributed by atoms with Crippen molar-refractivity contribution in [1.82, 2.24) is 0 Å². The first-order valence-electron chi connectivity index (χ1n) is 13.3. The molecular formula is C31H33FO8S. The molecule has 10 heteroatoms. The molecule has 1 fully saturated rings. The number of halogens is 1. The zero-order chi connectivity index (χ0) is 29.9. The van der Waals surface area contributed by atoms with Crippen LogP contribution in [0.1, 0.15) is 55.7 Å². The van der Waals surface area contributed by atoms with E-state index in [1.54, 1.807) is 42.5 Å². The zero-order valence-electron chi connectivity index (χ0n) is 23.5. The topological polar surface area (TPSA) is 108 Å². The van der Waals surface area contributed by atoms with Gasteiger partial charge in [0, 0.05) is 42.5 Å². The fraction of sp³-hybridized carbons (Fsp3) is 0.387. The summed E-state index contributed by atoms with van der Waals surface area (Å²) in [4.78, 5) is 38.2. The number of rotatable bonds is 8. The van der Waals surface area contributed by atoms with E-state index in [-0.39, 0.29) is 11.4 Å². The molecule has 0 saturated carbocycles. The van der Waals surface area contributed by atoms with Crippen molar-refractivity contribution in [2.24, 2.45) is 0 Å². The van der Waals surface area contributed by atoms with Gasteiger partial charge in [-0.2, -0.15) is 0 Å². The minimum absolute atomic E-state index is 0.288. The molecule has 1 N–H and O–H groups in total. The summed E-state index contributed by atoms with van der Waals surface area (Å²) in [7, 11) is 0. The van der Waals surface area contributed by atoms with Gasteiger partial charge in [0.25, 0.3) is 0 Å². The van der Waals surface area contributed by atoms with Crippen LogP contribution in [-0.4, -0.2) is 47.4 Å². The maximum Gasteiger partial charge on any atom is 0.303 e. The normalized spacial score (nSPS) is 24.0. The van der Waals surface area contributed by atoms with Crippen LogP contribution in [0.15, 0.2) is 54.6 Å². The number of hydrogen-bond donors (Lipinski definition) is 1. The van der Waals surface area contributed by atoms with Gasteiger partial charge in [0.05, 0.1) is 0 Å². The smallest absolute Gasteiger partial charge is 0.303 e. The maximum absolute atomic E-state index is 13.4. The van der Waals surface area contributed by atoms with Crippen molar-refractivity contribution in [3.8, 4) is 10.4 Å². The average molecular weight is 585 g/mol. The van der Waals surface area contributed by atoms with Crippen molar-refractivity contribution in [1.29, 1.82) is 0 Å². The lowest BCUT2D eigenvalue weighted by Gasteiger charge is -2.49. The number of esters is 3. The molecule has 4 rings (SSSR count). The molecule has 3 aromatic rings. The Labute approximate surface area is 242 Å². The molecule has 1 unspecified atom stereocenters. The number of hydrogen-bond acceptors (Lipinski definition) is 9. The monoisotopic (exact) mass is 584 g/mol. The third-order valence-corrected chi connectivity index (χ3v) is 8.06. The summed E-state index contributed by atoms with van der Waals surface area (Å²) in [5, 5.41) is 12.1. The Morgan fingerprint density at radius 3 is 2.17 bits per heavy atom. The highest BCUT2D eigenvalue weighted by atomic mass is 32.1. The number of carbonyl (C=O) groups is 3. The molecule has 218 valence electrons. The molecule has 0 bridgehead atoms. The zero-order valence-corrected chi connectivity index (χ0v) is 24.3. The Morgan fingerprint density at radius 2 is 1.56 bits per heavy atom. The van der Waals surface area contributed by atoms with E-state index in [1.807, 2.05) is 25.1 Å². The van der Waals surface area contributed by atoms with Gasteiger partial charge in [0.1, 0.15) is 11.9 Å². The highest BCUT2D eigenvalue weighted by molar-refractivity contribution is 7.15. The van der Waals surface area contributed by atoms with E-state index in [2.05, 4.69) is 0 Å². The number of aryl methyl sites for hydroxylation is 1. The Balaban J connectivity index is 1.72. The van der Waals surface area contributed by atoms with Gasteiger partial charge in [-0.1, -0.05) is 31.2 Å². The average Bonchev–Trinajstić information content (AvgIpc) is 3.37. The fourth-order valence-electron chi connectivity index (χ4n) is 5.01. The van der Waals surface area contributed by atoms with Crippen LogP contribution in [0.2, 0.25) is 0 Å². The molecule has 1 aromatic heterocycles. The first-order chi connectivity index (χ1) is 19.4. The molecule has 0 aliphatic carbocycles. The molecule has 2 aromatic carbocycles. The summed E-state index contributed by atoms with van der Waals surface area (Å²) in [5.41, 5.74) is 3.03. The van der Waals surface area contributed by atoms with Gasteiger partial charge in [0.2, 0.25) is 11.9 Å². The van der Waals surface area contributed by atoms with E-state index in [1.165, 1.54) is 26.0 Å². The number of carbonyl (C=O) groups excluding carboxylic acids is 3. The number of aliphatic hydroxyl groups is 1. The molecule has 0 amide bonds. The van der Waals surface area contributed by atoms with Crippen molar-refractivity contribution >= 4 is 29.2 Å². The quantitative estimate of drug-likeness (QED) is 0.284. The van der Waals surface area contributed by atoms with E-state index in [0.717, 1.165) is 33.4 Å². The second-order valence-electron chi connectivity index (χ2n) is 10.0. The van der Waals surface area contributed by atoms with Crippen LogP contribution >= 0.6 is 11.3 Å². The molecule has 1 aliphatic rings. The highest BCUT2D eigenvalue weighted by Gasteiger charge is 2.59. The fourth-order valence-corrected chi connectivity index (χ4v) is 6.05. The van der Waals surface area contributed by atoms with Crippen molar-refractivity contribution in [2.75, 3.05) is 0 Å². The highest BCUT2D eigenvalue weighted by Crippen LogP contribution is 2.42. The number of ether oxygens (including phenoxy) is 4.